The van der Waals surface area contributed by atoms with Crippen LogP contribution in [0.1, 0.15) is 5.56 Å². The molecule has 0 bridgehead atoms. The van der Waals surface area contributed by atoms with Crippen LogP contribution in [-0.2, 0) is 11.0 Å². The van der Waals surface area contributed by atoms with Crippen LogP contribution in [0.5, 0.6) is 5.75 Å². The lowest BCUT2D eigenvalue weighted by Crippen LogP contribution is -2.20. The van der Waals surface area contributed by atoms with Gasteiger partial charge < -0.3 is 10.1 Å². The van der Waals surface area contributed by atoms with Crippen LogP contribution in [0.15, 0.2) is 42.5 Å². The van der Waals surface area contributed by atoms with Crippen LogP contribution < -0.4 is 10.1 Å². The van der Waals surface area contributed by atoms with E-state index >= 15 is 0 Å². The number of ether oxygens (including phenoxy) is 1. The Labute approximate surface area is 140 Å². The van der Waals surface area contributed by atoms with Gasteiger partial charge in [-0.3, -0.25) is 4.79 Å². The Kier molecular flexibility index (Phi) is 5.38. The van der Waals surface area contributed by atoms with E-state index in [0.29, 0.717) is 15.7 Å². The van der Waals surface area contributed by atoms with Crippen molar-refractivity contribution in [3.8, 4) is 5.75 Å². The van der Waals surface area contributed by atoms with Gasteiger partial charge in [0.1, 0.15) is 5.75 Å². The molecule has 0 atom stereocenters. The molecule has 1 N–H and O–H groups in total. The maximum atomic E-state index is 12.4. The predicted molar refractivity (Wildman–Crippen MR) is 82.0 cm³/mol. The summed E-state index contributed by atoms with van der Waals surface area (Å²) < 4.78 is 42.4. The van der Waals surface area contributed by atoms with Gasteiger partial charge in [-0.15, -0.1) is 0 Å². The highest BCUT2D eigenvalue weighted by atomic mass is 35.5. The number of carbonyl (C=O) groups excluding carboxylic acids is 1. The van der Waals surface area contributed by atoms with Crippen LogP contribution in [0.25, 0.3) is 0 Å². The molecular weight excluding hydrogens is 354 g/mol. The van der Waals surface area contributed by atoms with Gasteiger partial charge in [-0.2, -0.15) is 13.2 Å². The summed E-state index contributed by atoms with van der Waals surface area (Å²) in [7, 11) is 0. The fourth-order valence-corrected chi connectivity index (χ4v) is 2.24. The average Bonchev–Trinajstić information content (AvgIpc) is 2.43. The Hall–Kier alpha value is -1.92. The Balaban J connectivity index is 1.91. The molecule has 0 aromatic heterocycles. The molecule has 23 heavy (non-hydrogen) atoms. The van der Waals surface area contributed by atoms with Crippen LogP contribution in [0.4, 0.5) is 18.9 Å². The van der Waals surface area contributed by atoms with Gasteiger partial charge in [0, 0.05) is 15.7 Å². The summed E-state index contributed by atoms with van der Waals surface area (Å²) in [4.78, 5) is 11.7. The highest BCUT2D eigenvalue weighted by Crippen LogP contribution is 2.30. The van der Waals surface area contributed by atoms with Crippen molar-refractivity contribution in [1.29, 1.82) is 0 Å². The Morgan fingerprint density at radius 1 is 1.04 bits per heavy atom. The zero-order valence-corrected chi connectivity index (χ0v) is 13.0. The first-order valence-corrected chi connectivity index (χ1v) is 7.05. The summed E-state index contributed by atoms with van der Waals surface area (Å²) in [6, 6.07) is 8.57. The van der Waals surface area contributed by atoms with E-state index in [-0.39, 0.29) is 12.4 Å². The van der Waals surface area contributed by atoms with Crippen molar-refractivity contribution in [3.05, 3.63) is 58.1 Å². The third-order valence-electron chi connectivity index (χ3n) is 2.70. The van der Waals surface area contributed by atoms with Gasteiger partial charge >= 0.3 is 6.18 Å². The minimum Gasteiger partial charge on any atom is -0.484 e. The SMILES string of the molecule is O=C(COc1ccc(C(F)(F)F)cc1)Nc1cc(Cl)cc(Cl)c1. The van der Waals surface area contributed by atoms with Gasteiger partial charge in [-0.05, 0) is 42.5 Å². The molecule has 3 nitrogen and oxygen atoms in total. The molecule has 0 unspecified atom stereocenters. The third-order valence-corrected chi connectivity index (χ3v) is 3.13. The van der Waals surface area contributed by atoms with E-state index in [0.717, 1.165) is 24.3 Å². The lowest BCUT2D eigenvalue weighted by atomic mass is 10.2. The molecule has 0 radical (unpaired) electrons. The number of halogens is 5. The van der Waals surface area contributed by atoms with E-state index in [1.807, 2.05) is 0 Å². The maximum Gasteiger partial charge on any atom is 0.416 e. The lowest BCUT2D eigenvalue weighted by Gasteiger charge is -2.10. The number of hydrogen-bond donors (Lipinski definition) is 1. The van der Waals surface area contributed by atoms with Crippen LogP contribution in [-0.4, -0.2) is 12.5 Å². The first kappa shape index (κ1) is 17.4. The number of alkyl halides is 3. The molecule has 2 aromatic carbocycles. The molecular formula is C15H10Cl2F3NO2. The Morgan fingerprint density at radius 3 is 2.13 bits per heavy atom. The molecule has 0 aliphatic heterocycles. The number of anilines is 1. The van der Waals surface area contributed by atoms with E-state index in [9.17, 15) is 18.0 Å². The molecule has 0 fully saturated rings. The quantitative estimate of drug-likeness (QED) is 0.827. The first-order valence-electron chi connectivity index (χ1n) is 6.30. The van der Waals surface area contributed by atoms with E-state index in [1.54, 1.807) is 0 Å². The van der Waals surface area contributed by atoms with Gasteiger partial charge in [0.25, 0.3) is 5.91 Å². The van der Waals surface area contributed by atoms with Gasteiger partial charge in [0.15, 0.2) is 6.61 Å². The molecule has 0 aliphatic rings. The number of benzene rings is 2. The summed E-state index contributed by atoms with van der Waals surface area (Å²) in [5, 5.41) is 3.23. The molecule has 0 aliphatic carbocycles. The number of nitrogens with one attached hydrogen (secondary N) is 1. The summed E-state index contributed by atoms with van der Waals surface area (Å²) in [6.07, 6.45) is -4.41. The second kappa shape index (κ2) is 7.10. The van der Waals surface area contributed by atoms with Crippen molar-refractivity contribution in [2.45, 2.75) is 6.18 Å². The minimum atomic E-state index is -4.41. The van der Waals surface area contributed by atoms with Crippen LogP contribution in [0, 0.1) is 0 Å². The second-order valence-electron chi connectivity index (χ2n) is 4.52. The van der Waals surface area contributed by atoms with Crippen molar-refractivity contribution in [2.75, 3.05) is 11.9 Å². The maximum absolute atomic E-state index is 12.4. The van der Waals surface area contributed by atoms with Gasteiger partial charge in [0.2, 0.25) is 0 Å². The number of rotatable bonds is 4. The minimum absolute atomic E-state index is 0.150. The summed E-state index contributed by atoms with van der Waals surface area (Å²) in [5.74, 6) is -0.347. The summed E-state index contributed by atoms with van der Waals surface area (Å²) >= 11 is 11.6. The van der Waals surface area contributed by atoms with Crippen LogP contribution >= 0.6 is 23.2 Å². The van der Waals surface area contributed by atoms with E-state index in [1.165, 1.54) is 18.2 Å². The largest absolute Gasteiger partial charge is 0.484 e. The van der Waals surface area contributed by atoms with Crippen molar-refractivity contribution in [1.82, 2.24) is 0 Å². The molecule has 2 aromatic rings. The first-order chi connectivity index (χ1) is 10.7. The molecule has 1 amide bonds. The molecule has 122 valence electrons. The van der Waals surface area contributed by atoms with Crippen molar-refractivity contribution < 1.29 is 22.7 Å². The zero-order chi connectivity index (χ0) is 17.0. The van der Waals surface area contributed by atoms with Gasteiger partial charge in [0.05, 0.1) is 5.56 Å². The normalized spacial score (nSPS) is 11.2. The number of amides is 1. The van der Waals surface area contributed by atoms with Gasteiger partial charge in [-0.25, -0.2) is 0 Å². The van der Waals surface area contributed by atoms with Crippen LogP contribution in [0.3, 0.4) is 0 Å². The monoisotopic (exact) mass is 363 g/mol. The van der Waals surface area contributed by atoms with E-state index in [4.69, 9.17) is 27.9 Å². The lowest BCUT2D eigenvalue weighted by molar-refractivity contribution is -0.137. The fourth-order valence-electron chi connectivity index (χ4n) is 1.71. The number of hydrogen-bond acceptors (Lipinski definition) is 2. The molecule has 2 rings (SSSR count). The smallest absolute Gasteiger partial charge is 0.416 e. The average molecular weight is 364 g/mol. The highest BCUT2D eigenvalue weighted by Gasteiger charge is 2.30. The zero-order valence-electron chi connectivity index (χ0n) is 11.5. The second-order valence-corrected chi connectivity index (χ2v) is 5.39. The molecule has 0 saturated carbocycles. The molecule has 0 spiro atoms. The summed E-state index contributed by atoms with van der Waals surface area (Å²) in [6.45, 7) is -0.366. The van der Waals surface area contributed by atoms with Crippen molar-refractivity contribution in [3.63, 3.8) is 0 Å². The topological polar surface area (TPSA) is 38.3 Å². The molecule has 0 saturated heterocycles. The molecule has 8 heteroatoms. The van der Waals surface area contributed by atoms with E-state index in [2.05, 4.69) is 5.32 Å². The van der Waals surface area contributed by atoms with Crippen molar-refractivity contribution in [2.24, 2.45) is 0 Å². The molecule has 0 heterocycles. The Morgan fingerprint density at radius 2 is 1.61 bits per heavy atom. The Bertz CT molecular complexity index is 683. The van der Waals surface area contributed by atoms with E-state index < -0.39 is 17.6 Å². The van der Waals surface area contributed by atoms with Gasteiger partial charge in [-0.1, -0.05) is 23.2 Å². The number of carbonyl (C=O) groups is 1. The highest BCUT2D eigenvalue weighted by molar-refractivity contribution is 6.35. The van der Waals surface area contributed by atoms with Crippen molar-refractivity contribution >= 4 is 34.8 Å². The fraction of sp³-hybridized carbons (Fsp3) is 0.133. The third kappa shape index (κ3) is 5.33. The predicted octanol–water partition coefficient (Wildman–Crippen LogP) is 5.03. The van der Waals surface area contributed by atoms with Crippen LogP contribution in [0.2, 0.25) is 10.0 Å². The standard InChI is InChI=1S/C15H10Cl2F3NO2/c16-10-5-11(17)7-12(6-10)21-14(22)8-23-13-3-1-9(2-4-13)15(18,19)20/h1-7H,8H2,(H,21,22). The summed E-state index contributed by atoms with van der Waals surface area (Å²) in [5.41, 5.74) is -0.397.